The van der Waals surface area contributed by atoms with Crippen LogP contribution in [-0.2, 0) is 4.79 Å². The van der Waals surface area contributed by atoms with Gasteiger partial charge in [-0.25, -0.2) is 5.43 Å². The van der Waals surface area contributed by atoms with E-state index in [1.165, 1.54) is 13.3 Å². The molecular weight excluding hydrogens is 382 g/mol. The van der Waals surface area contributed by atoms with Crippen molar-refractivity contribution in [2.24, 2.45) is 5.10 Å². The predicted molar refractivity (Wildman–Crippen MR) is 115 cm³/mol. The fraction of sp³-hybridized carbons (Fsp3) is 0.0870. The zero-order valence-corrected chi connectivity index (χ0v) is 16.4. The van der Waals surface area contributed by atoms with Gasteiger partial charge in [-0.05, 0) is 36.4 Å². The molecule has 0 aliphatic carbocycles. The van der Waals surface area contributed by atoms with Crippen molar-refractivity contribution in [2.45, 2.75) is 0 Å². The average molecular weight is 403 g/mol. The molecule has 0 saturated carbocycles. The number of amides is 2. The van der Waals surface area contributed by atoms with Crippen LogP contribution in [-0.4, -0.2) is 31.7 Å². The van der Waals surface area contributed by atoms with Crippen molar-refractivity contribution >= 4 is 23.7 Å². The molecule has 0 aromatic heterocycles. The summed E-state index contributed by atoms with van der Waals surface area (Å²) in [5.74, 6) is 0.378. The summed E-state index contributed by atoms with van der Waals surface area (Å²) < 4.78 is 10.8. The van der Waals surface area contributed by atoms with Crippen LogP contribution in [0.2, 0.25) is 0 Å². The Bertz CT molecular complexity index is 1040. The van der Waals surface area contributed by atoms with Crippen LogP contribution >= 0.6 is 0 Å². The Hall–Kier alpha value is -4.13. The van der Waals surface area contributed by atoms with Crippen LogP contribution in [0.15, 0.2) is 84.0 Å². The first-order valence-electron chi connectivity index (χ1n) is 9.20. The number of ether oxygens (including phenoxy) is 2. The van der Waals surface area contributed by atoms with Gasteiger partial charge in [0.2, 0.25) is 0 Å². The van der Waals surface area contributed by atoms with E-state index >= 15 is 0 Å². The zero-order chi connectivity index (χ0) is 21.2. The summed E-state index contributed by atoms with van der Waals surface area (Å²) in [6, 6.07) is 23.0. The molecule has 2 N–H and O–H groups in total. The molecule has 0 aliphatic rings. The van der Waals surface area contributed by atoms with Crippen LogP contribution < -0.4 is 20.2 Å². The third-order valence-electron chi connectivity index (χ3n) is 4.06. The molecule has 7 nitrogen and oxygen atoms in total. The summed E-state index contributed by atoms with van der Waals surface area (Å²) >= 11 is 0. The molecule has 0 atom stereocenters. The highest BCUT2D eigenvalue weighted by molar-refractivity contribution is 5.95. The molecule has 0 aliphatic heterocycles. The van der Waals surface area contributed by atoms with Crippen molar-refractivity contribution in [1.29, 1.82) is 0 Å². The highest BCUT2D eigenvalue weighted by Gasteiger charge is 2.09. The van der Waals surface area contributed by atoms with E-state index in [4.69, 9.17) is 9.47 Å². The number of methoxy groups -OCH3 is 1. The van der Waals surface area contributed by atoms with Crippen molar-refractivity contribution in [3.63, 3.8) is 0 Å². The fourth-order valence-corrected chi connectivity index (χ4v) is 2.61. The molecular formula is C23H21N3O4. The first-order chi connectivity index (χ1) is 14.7. The minimum atomic E-state index is -0.330. The second kappa shape index (κ2) is 10.4. The summed E-state index contributed by atoms with van der Waals surface area (Å²) in [7, 11) is 1.54. The van der Waals surface area contributed by atoms with E-state index in [0.717, 1.165) is 0 Å². The van der Waals surface area contributed by atoms with E-state index in [1.54, 1.807) is 60.7 Å². The predicted octanol–water partition coefficient (Wildman–Crippen LogP) is 3.48. The Morgan fingerprint density at radius 1 is 0.900 bits per heavy atom. The van der Waals surface area contributed by atoms with Crippen molar-refractivity contribution in [1.82, 2.24) is 5.43 Å². The number of nitrogens with zero attached hydrogens (tertiary/aromatic N) is 1. The number of nitrogens with one attached hydrogen (secondary N) is 2. The van der Waals surface area contributed by atoms with Gasteiger partial charge in [-0.15, -0.1) is 0 Å². The lowest BCUT2D eigenvalue weighted by Gasteiger charge is -2.11. The number of hydrogen-bond donors (Lipinski definition) is 2. The van der Waals surface area contributed by atoms with E-state index in [9.17, 15) is 9.59 Å². The second-order valence-corrected chi connectivity index (χ2v) is 6.14. The molecule has 0 saturated heterocycles. The van der Waals surface area contributed by atoms with Crippen molar-refractivity contribution in [2.75, 3.05) is 19.0 Å². The van der Waals surface area contributed by atoms with Crippen LogP contribution in [0.4, 0.5) is 5.69 Å². The Kier molecular flexibility index (Phi) is 7.16. The topological polar surface area (TPSA) is 89.0 Å². The van der Waals surface area contributed by atoms with E-state index in [2.05, 4.69) is 15.8 Å². The minimum Gasteiger partial charge on any atom is -0.495 e. The van der Waals surface area contributed by atoms with Crippen molar-refractivity contribution in [3.8, 4) is 11.5 Å². The standard InChI is InChI=1S/C23H21N3O4/c1-29-21-14-8-6-12-19(21)25-22(27)16-30-20-13-7-5-11-18(20)15-24-26-23(28)17-9-3-2-4-10-17/h2-15H,16H2,1H3,(H,25,27)(H,26,28)/b24-15+. The molecule has 30 heavy (non-hydrogen) atoms. The SMILES string of the molecule is COc1ccccc1NC(=O)COc1ccccc1/C=N/NC(=O)c1ccccc1. The Balaban J connectivity index is 1.58. The van der Waals surface area contributed by atoms with Gasteiger partial charge in [-0.1, -0.05) is 42.5 Å². The average Bonchev–Trinajstić information content (AvgIpc) is 2.79. The monoisotopic (exact) mass is 403 g/mol. The summed E-state index contributed by atoms with van der Waals surface area (Å²) in [5, 5.41) is 6.72. The van der Waals surface area contributed by atoms with E-state index < -0.39 is 0 Å². The number of carbonyl (C=O) groups excluding carboxylic acids is 2. The molecule has 0 unspecified atom stereocenters. The van der Waals surface area contributed by atoms with Gasteiger partial charge in [0, 0.05) is 11.1 Å². The lowest BCUT2D eigenvalue weighted by atomic mass is 10.2. The Labute approximate surface area is 174 Å². The number of carbonyl (C=O) groups is 2. The summed E-state index contributed by atoms with van der Waals surface area (Å²) in [6.45, 7) is -0.195. The van der Waals surface area contributed by atoms with Gasteiger partial charge >= 0.3 is 0 Å². The van der Waals surface area contributed by atoms with Crippen LogP contribution in [0.1, 0.15) is 15.9 Å². The zero-order valence-electron chi connectivity index (χ0n) is 16.4. The number of benzene rings is 3. The van der Waals surface area contributed by atoms with Crippen LogP contribution in [0.5, 0.6) is 11.5 Å². The number of rotatable bonds is 8. The highest BCUT2D eigenvalue weighted by Crippen LogP contribution is 2.23. The molecule has 3 rings (SSSR count). The lowest BCUT2D eigenvalue weighted by Crippen LogP contribution is -2.21. The third kappa shape index (κ3) is 5.68. The Morgan fingerprint density at radius 3 is 2.33 bits per heavy atom. The quantitative estimate of drug-likeness (QED) is 0.445. The number of anilines is 1. The summed E-state index contributed by atoms with van der Waals surface area (Å²) in [5.41, 5.74) is 4.16. The maximum atomic E-state index is 12.2. The van der Waals surface area contributed by atoms with Gasteiger partial charge in [-0.2, -0.15) is 5.10 Å². The number of hydrogen-bond acceptors (Lipinski definition) is 5. The van der Waals surface area contributed by atoms with Gasteiger partial charge in [0.05, 0.1) is 19.0 Å². The maximum absolute atomic E-state index is 12.2. The molecule has 0 bridgehead atoms. The van der Waals surface area contributed by atoms with E-state index in [0.29, 0.717) is 28.3 Å². The van der Waals surface area contributed by atoms with Gasteiger partial charge in [0.25, 0.3) is 11.8 Å². The first kappa shape index (κ1) is 20.6. The fourth-order valence-electron chi connectivity index (χ4n) is 2.61. The molecule has 152 valence electrons. The van der Waals surface area contributed by atoms with Gasteiger partial charge < -0.3 is 14.8 Å². The van der Waals surface area contributed by atoms with Crippen molar-refractivity contribution in [3.05, 3.63) is 90.0 Å². The summed E-state index contributed by atoms with van der Waals surface area (Å²) in [4.78, 5) is 24.3. The summed E-state index contributed by atoms with van der Waals surface area (Å²) in [6.07, 6.45) is 1.47. The molecule has 3 aromatic carbocycles. The lowest BCUT2D eigenvalue weighted by molar-refractivity contribution is -0.118. The molecule has 0 spiro atoms. The minimum absolute atomic E-state index is 0.195. The van der Waals surface area contributed by atoms with Gasteiger partial charge in [0.1, 0.15) is 11.5 Å². The number of para-hydroxylation sites is 3. The molecule has 2 amide bonds. The highest BCUT2D eigenvalue weighted by atomic mass is 16.5. The first-order valence-corrected chi connectivity index (χ1v) is 9.20. The van der Waals surface area contributed by atoms with Gasteiger partial charge in [-0.3, -0.25) is 9.59 Å². The van der Waals surface area contributed by atoms with E-state index in [-0.39, 0.29) is 18.4 Å². The second-order valence-electron chi connectivity index (χ2n) is 6.14. The smallest absolute Gasteiger partial charge is 0.271 e. The van der Waals surface area contributed by atoms with Crippen LogP contribution in [0.3, 0.4) is 0 Å². The molecule has 0 heterocycles. The number of hydrazone groups is 1. The Morgan fingerprint density at radius 2 is 1.57 bits per heavy atom. The van der Waals surface area contributed by atoms with Crippen LogP contribution in [0.25, 0.3) is 0 Å². The van der Waals surface area contributed by atoms with E-state index in [1.807, 2.05) is 18.2 Å². The third-order valence-corrected chi connectivity index (χ3v) is 4.06. The van der Waals surface area contributed by atoms with Crippen molar-refractivity contribution < 1.29 is 19.1 Å². The maximum Gasteiger partial charge on any atom is 0.271 e. The normalized spacial score (nSPS) is 10.4. The molecule has 7 heteroatoms. The van der Waals surface area contributed by atoms with Gasteiger partial charge in [0.15, 0.2) is 6.61 Å². The largest absolute Gasteiger partial charge is 0.495 e. The molecule has 0 fully saturated rings. The molecule has 3 aromatic rings. The molecule has 0 radical (unpaired) electrons. The van der Waals surface area contributed by atoms with Crippen LogP contribution in [0, 0.1) is 0 Å².